The maximum Gasteiger partial charge on any atom is 0.301 e. The summed E-state index contributed by atoms with van der Waals surface area (Å²) in [6.45, 7) is 4.39. The number of hydrogen-bond acceptors (Lipinski definition) is 6. The normalized spacial score (nSPS) is 17.3. The lowest BCUT2D eigenvalue weighted by Crippen LogP contribution is -2.29. The molecule has 1 aliphatic heterocycles. The highest BCUT2D eigenvalue weighted by Gasteiger charge is 2.48. The number of aryl methyl sites for hydroxylation is 1. The van der Waals surface area contributed by atoms with E-state index in [0.29, 0.717) is 34.1 Å². The Morgan fingerprint density at radius 2 is 1.80 bits per heavy atom. The molecule has 35 heavy (non-hydrogen) atoms. The lowest BCUT2D eigenvalue weighted by molar-refractivity contribution is -0.132. The van der Waals surface area contributed by atoms with Crippen LogP contribution in [-0.4, -0.2) is 28.4 Å². The molecule has 1 saturated heterocycles. The van der Waals surface area contributed by atoms with Gasteiger partial charge in [-0.15, -0.1) is 0 Å². The third-order valence-electron chi connectivity index (χ3n) is 5.82. The number of ether oxygens (including phenoxy) is 1. The van der Waals surface area contributed by atoms with Crippen LogP contribution in [0.1, 0.15) is 29.7 Å². The van der Waals surface area contributed by atoms with Gasteiger partial charge in [-0.2, -0.15) is 0 Å². The van der Waals surface area contributed by atoms with Crippen molar-refractivity contribution >= 4 is 60.1 Å². The van der Waals surface area contributed by atoms with E-state index in [-0.39, 0.29) is 11.3 Å². The number of Topliss-reactive ketones (excluding diaryl/α,β-unsaturated/α-hetero) is 1. The average Bonchev–Trinajstić information content (AvgIpc) is 3.38. The van der Waals surface area contributed by atoms with Gasteiger partial charge >= 0.3 is 5.91 Å². The number of fused-ring (bicyclic) bond motifs is 1. The molecule has 1 atom stereocenters. The molecule has 1 amide bonds. The van der Waals surface area contributed by atoms with E-state index >= 15 is 0 Å². The molecule has 1 aliphatic rings. The molecule has 0 bridgehead atoms. The smallest absolute Gasteiger partial charge is 0.301 e. The Balaban J connectivity index is 1.69. The van der Waals surface area contributed by atoms with Crippen LogP contribution in [0.15, 0.2) is 76.8 Å². The van der Waals surface area contributed by atoms with Gasteiger partial charge in [0.1, 0.15) is 11.5 Å². The number of aromatic nitrogens is 1. The minimum atomic E-state index is -0.823. The summed E-state index contributed by atoms with van der Waals surface area (Å²) in [6, 6.07) is 19.2. The molecule has 1 unspecified atom stereocenters. The molecule has 1 N–H and O–H groups in total. The van der Waals surface area contributed by atoms with Crippen LogP contribution in [0.3, 0.4) is 0 Å². The van der Waals surface area contributed by atoms with Crippen LogP contribution >= 0.6 is 27.3 Å². The van der Waals surface area contributed by atoms with Crippen LogP contribution in [0.25, 0.3) is 16.0 Å². The van der Waals surface area contributed by atoms with Crippen LogP contribution in [0.5, 0.6) is 5.75 Å². The fourth-order valence-corrected chi connectivity index (χ4v) is 5.39. The number of aliphatic hydroxyl groups excluding tert-OH is 1. The molecular formula is C27H21BrN2O4S. The Labute approximate surface area is 214 Å². The fourth-order valence-electron chi connectivity index (χ4n) is 4.11. The summed E-state index contributed by atoms with van der Waals surface area (Å²) < 4.78 is 7.29. The summed E-state index contributed by atoms with van der Waals surface area (Å²) >= 11 is 4.74. The van der Waals surface area contributed by atoms with Crippen LogP contribution in [0.4, 0.5) is 5.13 Å². The third kappa shape index (κ3) is 4.24. The van der Waals surface area contributed by atoms with Gasteiger partial charge in [0, 0.05) is 10.0 Å². The second kappa shape index (κ2) is 9.28. The molecule has 0 saturated carbocycles. The van der Waals surface area contributed by atoms with Crippen molar-refractivity contribution in [1.82, 2.24) is 4.98 Å². The maximum atomic E-state index is 13.4. The van der Waals surface area contributed by atoms with E-state index in [9.17, 15) is 14.7 Å². The third-order valence-corrected chi connectivity index (χ3v) is 7.37. The van der Waals surface area contributed by atoms with Gasteiger partial charge < -0.3 is 9.84 Å². The van der Waals surface area contributed by atoms with Crippen molar-refractivity contribution < 1.29 is 19.4 Å². The Morgan fingerprint density at radius 3 is 2.49 bits per heavy atom. The minimum absolute atomic E-state index is 0.0374. The number of thiazole rings is 1. The molecule has 1 aromatic heterocycles. The zero-order valence-corrected chi connectivity index (χ0v) is 21.4. The van der Waals surface area contributed by atoms with Gasteiger partial charge in [0.25, 0.3) is 5.78 Å². The first-order valence-corrected chi connectivity index (χ1v) is 12.6. The van der Waals surface area contributed by atoms with E-state index in [1.165, 1.54) is 16.2 Å². The van der Waals surface area contributed by atoms with Gasteiger partial charge in [-0.3, -0.25) is 14.5 Å². The number of nitrogens with zero attached hydrogens (tertiary/aromatic N) is 2. The molecule has 4 aromatic rings. The van der Waals surface area contributed by atoms with Crippen molar-refractivity contribution in [3.8, 4) is 5.75 Å². The predicted octanol–water partition coefficient (Wildman–Crippen LogP) is 6.39. The summed E-state index contributed by atoms with van der Waals surface area (Å²) in [7, 11) is 0. The SMILES string of the molecule is CCOc1ccc2nc(N3C(=O)C(=O)/C(=C(/O)c4ccc(C)cc4)C3c3ccc(Br)cc3)sc2c1. The number of aliphatic hydroxyl groups is 1. The van der Waals surface area contributed by atoms with Crippen LogP contribution in [0, 0.1) is 6.92 Å². The van der Waals surface area contributed by atoms with Crippen molar-refractivity contribution in [3.63, 3.8) is 0 Å². The summed E-state index contributed by atoms with van der Waals surface area (Å²) in [4.78, 5) is 32.7. The number of amides is 1. The highest BCUT2D eigenvalue weighted by atomic mass is 79.9. The lowest BCUT2D eigenvalue weighted by atomic mass is 9.95. The van der Waals surface area contributed by atoms with Gasteiger partial charge in [-0.05, 0) is 49.7 Å². The molecule has 1 fully saturated rings. The lowest BCUT2D eigenvalue weighted by Gasteiger charge is -2.23. The molecule has 3 aromatic carbocycles. The number of carbonyl (C=O) groups is 2. The molecule has 2 heterocycles. The van der Waals surface area contributed by atoms with Gasteiger partial charge in [0.05, 0.1) is 28.4 Å². The Bertz CT molecular complexity index is 1480. The first-order chi connectivity index (χ1) is 16.9. The standard InChI is InChI=1S/C27H21BrN2O4S/c1-3-34-19-12-13-20-21(14-19)35-27(29-20)30-23(16-8-10-18(28)11-9-16)22(25(32)26(30)33)24(31)17-6-4-15(2)5-7-17/h4-14,23,31H,3H2,1-2H3/b24-22+. The first-order valence-electron chi connectivity index (χ1n) is 11.0. The van der Waals surface area contributed by atoms with Crippen LogP contribution in [-0.2, 0) is 9.59 Å². The van der Waals surface area contributed by atoms with E-state index in [2.05, 4.69) is 20.9 Å². The topological polar surface area (TPSA) is 79.7 Å². The Hall–Kier alpha value is -3.49. The molecular weight excluding hydrogens is 528 g/mol. The zero-order chi connectivity index (χ0) is 24.7. The van der Waals surface area contributed by atoms with Crippen LogP contribution in [0.2, 0.25) is 0 Å². The molecule has 176 valence electrons. The quantitative estimate of drug-likeness (QED) is 0.177. The molecule has 0 radical (unpaired) electrons. The monoisotopic (exact) mass is 548 g/mol. The van der Waals surface area contributed by atoms with E-state index in [1.54, 1.807) is 12.1 Å². The van der Waals surface area contributed by atoms with E-state index in [4.69, 9.17) is 4.74 Å². The van der Waals surface area contributed by atoms with Gasteiger partial charge in [-0.1, -0.05) is 69.2 Å². The predicted molar refractivity (Wildman–Crippen MR) is 141 cm³/mol. The number of ketones is 1. The maximum absolute atomic E-state index is 13.4. The zero-order valence-electron chi connectivity index (χ0n) is 19.0. The number of benzene rings is 3. The highest BCUT2D eigenvalue weighted by molar-refractivity contribution is 9.10. The summed E-state index contributed by atoms with van der Waals surface area (Å²) in [5.41, 5.74) is 2.92. The second-order valence-corrected chi connectivity index (χ2v) is 10.1. The molecule has 0 aliphatic carbocycles. The summed E-state index contributed by atoms with van der Waals surface area (Å²) in [5, 5.41) is 11.6. The molecule has 8 heteroatoms. The van der Waals surface area contributed by atoms with Crippen molar-refractivity contribution in [2.45, 2.75) is 19.9 Å². The van der Waals surface area contributed by atoms with Crippen molar-refractivity contribution in [3.05, 3.63) is 93.5 Å². The number of carbonyl (C=O) groups excluding carboxylic acids is 2. The number of halogens is 1. The highest BCUT2D eigenvalue weighted by Crippen LogP contribution is 2.44. The van der Waals surface area contributed by atoms with E-state index in [1.807, 2.05) is 68.4 Å². The number of rotatable bonds is 5. The van der Waals surface area contributed by atoms with Gasteiger partial charge in [0.15, 0.2) is 5.13 Å². The summed E-state index contributed by atoms with van der Waals surface area (Å²) in [6.07, 6.45) is 0. The van der Waals surface area contributed by atoms with Gasteiger partial charge in [-0.25, -0.2) is 4.98 Å². The first kappa shape index (κ1) is 23.3. The van der Waals surface area contributed by atoms with Crippen LogP contribution < -0.4 is 9.64 Å². The van der Waals surface area contributed by atoms with E-state index in [0.717, 1.165) is 14.7 Å². The minimum Gasteiger partial charge on any atom is -0.507 e. The van der Waals surface area contributed by atoms with Crippen molar-refractivity contribution in [2.24, 2.45) is 0 Å². The van der Waals surface area contributed by atoms with Crippen molar-refractivity contribution in [2.75, 3.05) is 11.5 Å². The molecule has 5 rings (SSSR count). The Morgan fingerprint density at radius 1 is 1.09 bits per heavy atom. The number of anilines is 1. The fraction of sp³-hybridized carbons (Fsp3) is 0.148. The molecule has 6 nitrogen and oxygen atoms in total. The van der Waals surface area contributed by atoms with Crippen molar-refractivity contribution in [1.29, 1.82) is 0 Å². The summed E-state index contributed by atoms with van der Waals surface area (Å²) in [5.74, 6) is -0.972. The number of hydrogen-bond donors (Lipinski definition) is 1. The Kier molecular flexibility index (Phi) is 6.17. The molecule has 0 spiro atoms. The largest absolute Gasteiger partial charge is 0.507 e. The second-order valence-electron chi connectivity index (χ2n) is 8.15. The van der Waals surface area contributed by atoms with Gasteiger partial charge in [0.2, 0.25) is 0 Å². The van der Waals surface area contributed by atoms with E-state index < -0.39 is 17.7 Å². The average molecular weight is 549 g/mol.